The zero-order chi connectivity index (χ0) is 14.9. The average molecular weight is 338 g/mol. The molecule has 0 aromatic heterocycles. The predicted octanol–water partition coefficient (Wildman–Crippen LogP) is 4.23. The number of likely N-dealkylation sites (tertiary alicyclic amines) is 1. The molecular weight excluding hydrogens is 314 g/mol. The molecule has 1 aliphatic rings. The highest BCUT2D eigenvalue weighted by Gasteiger charge is 2.30. The molecule has 2 nitrogen and oxygen atoms in total. The summed E-state index contributed by atoms with van der Waals surface area (Å²) in [5.74, 6) is 0.809. The minimum Gasteiger partial charge on any atom is -0.337 e. The number of nitrogens with zero attached hydrogens (tertiary/aromatic N) is 1. The second-order valence-electron chi connectivity index (χ2n) is 6.83. The van der Waals surface area contributed by atoms with E-state index in [2.05, 4.69) is 49.7 Å². The number of hydrogen-bond donors (Lipinski definition) is 0. The molecule has 0 aliphatic carbocycles. The van der Waals surface area contributed by atoms with E-state index in [-0.39, 0.29) is 11.3 Å². The lowest BCUT2D eigenvalue weighted by Gasteiger charge is -2.35. The molecule has 20 heavy (non-hydrogen) atoms. The maximum atomic E-state index is 12.8. The molecule has 0 saturated carbocycles. The van der Waals surface area contributed by atoms with Gasteiger partial charge in [0.05, 0.1) is 0 Å². The number of carbonyl (C=O) groups excluding carboxylic acids is 1. The van der Waals surface area contributed by atoms with Crippen molar-refractivity contribution in [2.75, 3.05) is 13.1 Å². The summed E-state index contributed by atoms with van der Waals surface area (Å²) in [5, 5.41) is 0. The lowest BCUT2D eigenvalue weighted by atomic mass is 9.83. The third kappa shape index (κ3) is 3.25. The Hall–Kier alpha value is -0.830. The fourth-order valence-corrected chi connectivity index (χ4v) is 3.31. The quantitative estimate of drug-likeness (QED) is 0.702. The molecule has 2 rings (SSSR count). The van der Waals surface area contributed by atoms with E-state index in [1.165, 1.54) is 0 Å². The fourth-order valence-electron chi connectivity index (χ4n) is 2.70. The van der Waals surface area contributed by atoms with E-state index in [9.17, 15) is 4.79 Å². The van der Waals surface area contributed by atoms with Crippen LogP contribution >= 0.6 is 15.9 Å². The Morgan fingerprint density at radius 3 is 2.55 bits per heavy atom. The van der Waals surface area contributed by atoms with Crippen LogP contribution in [0, 0.1) is 5.92 Å². The molecule has 0 spiro atoms. The molecule has 0 N–H and O–H groups in total. The van der Waals surface area contributed by atoms with Gasteiger partial charge in [-0.2, -0.15) is 0 Å². The van der Waals surface area contributed by atoms with Gasteiger partial charge in [-0.3, -0.25) is 4.79 Å². The van der Waals surface area contributed by atoms with Crippen LogP contribution < -0.4 is 0 Å². The Kier molecular flexibility index (Phi) is 4.58. The van der Waals surface area contributed by atoms with E-state index in [1.54, 1.807) is 0 Å². The SMILES string of the molecule is CC1CCN(C(=O)c2ccccc2C(C)(C)C)CC1Br. The van der Waals surface area contributed by atoms with Gasteiger partial charge < -0.3 is 4.90 Å². The van der Waals surface area contributed by atoms with Crippen LogP contribution in [-0.2, 0) is 5.41 Å². The normalized spacial score (nSPS) is 23.8. The Balaban J connectivity index is 2.26. The van der Waals surface area contributed by atoms with Gasteiger partial charge >= 0.3 is 0 Å². The highest BCUT2D eigenvalue weighted by Crippen LogP contribution is 2.29. The number of benzene rings is 1. The molecule has 0 bridgehead atoms. The lowest BCUT2D eigenvalue weighted by Crippen LogP contribution is -2.44. The number of alkyl halides is 1. The van der Waals surface area contributed by atoms with Gasteiger partial charge in [0.25, 0.3) is 5.91 Å². The minimum absolute atomic E-state index is 0.0108. The van der Waals surface area contributed by atoms with Crippen LogP contribution in [0.3, 0.4) is 0 Å². The van der Waals surface area contributed by atoms with E-state index in [4.69, 9.17) is 0 Å². The molecule has 1 heterocycles. The second kappa shape index (κ2) is 5.88. The summed E-state index contributed by atoms with van der Waals surface area (Å²) in [4.78, 5) is 15.2. The number of carbonyl (C=O) groups is 1. The van der Waals surface area contributed by atoms with Crippen LogP contribution in [0.1, 0.15) is 50.0 Å². The maximum absolute atomic E-state index is 12.8. The molecule has 1 aromatic carbocycles. The van der Waals surface area contributed by atoms with Gasteiger partial charge in [-0.1, -0.05) is 61.8 Å². The number of hydrogen-bond acceptors (Lipinski definition) is 1. The Morgan fingerprint density at radius 1 is 1.30 bits per heavy atom. The summed E-state index contributed by atoms with van der Waals surface area (Å²) in [5.41, 5.74) is 1.98. The summed E-state index contributed by atoms with van der Waals surface area (Å²) < 4.78 is 0. The van der Waals surface area contributed by atoms with Gasteiger partial charge in [-0.15, -0.1) is 0 Å². The third-order valence-corrected chi connectivity index (χ3v) is 5.31. The van der Waals surface area contributed by atoms with Gasteiger partial charge in [-0.05, 0) is 29.4 Å². The van der Waals surface area contributed by atoms with Crippen molar-refractivity contribution in [2.24, 2.45) is 5.92 Å². The molecule has 1 aliphatic heterocycles. The van der Waals surface area contributed by atoms with Crippen LogP contribution in [0.2, 0.25) is 0 Å². The topological polar surface area (TPSA) is 20.3 Å². The van der Waals surface area contributed by atoms with Crippen LogP contribution in [0.5, 0.6) is 0 Å². The standard InChI is InChI=1S/C17H24BrNO/c1-12-9-10-19(11-15(12)18)16(20)13-7-5-6-8-14(13)17(2,3)4/h5-8,12,15H,9-11H2,1-4H3. The van der Waals surface area contributed by atoms with E-state index in [0.29, 0.717) is 10.7 Å². The molecule has 2 atom stereocenters. The summed E-state index contributed by atoms with van der Waals surface area (Å²) in [6.45, 7) is 10.4. The summed E-state index contributed by atoms with van der Waals surface area (Å²) in [6.07, 6.45) is 1.07. The molecule has 1 amide bonds. The Labute approximate surface area is 130 Å². The van der Waals surface area contributed by atoms with Crippen molar-refractivity contribution in [3.05, 3.63) is 35.4 Å². The molecule has 3 heteroatoms. The first-order chi connectivity index (χ1) is 9.30. The van der Waals surface area contributed by atoms with Crippen LogP contribution in [0.15, 0.2) is 24.3 Å². The fraction of sp³-hybridized carbons (Fsp3) is 0.588. The van der Waals surface area contributed by atoms with Crippen molar-refractivity contribution in [1.29, 1.82) is 0 Å². The molecule has 110 valence electrons. The van der Waals surface area contributed by atoms with Crippen LogP contribution in [-0.4, -0.2) is 28.7 Å². The van der Waals surface area contributed by atoms with Gasteiger partial charge in [-0.25, -0.2) is 0 Å². The first-order valence-corrected chi connectivity index (χ1v) is 8.25. The monoisotopic (exact) mass is 337 g/mol. The predicted molar refractivity (Wildman–Crippen MR) is 87.5 cm³/mol. The van der Waals surface area contributed by atoms with Crippen molar-refractivity contribution in [2.45, 2.75) is 44.4 Å². The second-order valence-corrected chi connectivity index (χ2v) is 8.00. The molecule has 1 fully saturated rings. The third-order valence-electron chi connectivity index (χ3n) is 4.12. The summed E-state index contributed by atoms with van der Waals surface area (Å²) in [6, 6.07) is 8.01. The number of amides is 1. The van der Waals surface area contributed by atoms with Crippen LogP contribution in [0.4, 0.5) is 0 Å². The first-order valence-electron chi connectivity index (χ1n) is 7.33. The molecule has 2 unspecified atom stereocenters. The first kappa shape index (κ1) is 15.6. The van der Waals surface area contributed by atoms with Crippen molar-refractivity contribution >= 4 is 21.8 Å². The zero-order valence-corrected chi connectivity index (χ0v) is 14.4. The number of rotatable bonds is 1. The molecular formula is C17H24BrNO. The number of halogens is 1. The Bertz CT molecular complexity index is 492. The Morgan fingerprint density at radius 2 is 1.95 bits per heavy atom. The zero-order valence-electron chi connectivity index (χ0n) is 12.8. The molecule has 1 aromatic rings. The van der Waals surface area contributed by atoms with Gasteiger partial charge in [0.15, 0.2) is 0 Å². The average Bonchev–Trinajstić information content (AvgIpc) is 2.40. The van der Waals surface area contributed by atoms with Crippen LogP contribution in [0.25, 0.3) is 0 Å². The van der Waals surface area contributed by atoms with Gasteiger partial charge in [0.2, 0.25) is 0 Å². The van der Waals surface area contributed by atoms with Crippen molar-refractivity contribution < 1.29 is 4.79 Å². The van der Waals surface area contributed by atoms with Crippen molar-refractivity contribution in [1.82, 2.24) is 4.90 Å². The highest BCUT2D eigenvalue weighted by atomic mass is 79.9. The molecule has 1 saturated heterocycles. The maximum Gasteiger partial charge on any atom is 0.254 e. The van der Waals surface area contributed by atoms with E-state index in [1.807, 2.05) is 23.1 Å². The van der Waals surface area contributed by atoms with Gasteiger partial charge in [0, 0.05) is 23.5 Å². The molecule has 0 radical (unpaired) electrons. The lowest BCUT2D eigenvalue weighted by molar-refractivity contribution is 0.0703. The van der Waals surface area contributed by atoms with Gasteiger partial charge in [0.1, 0.15) is 0 Å². The van der Waals surface area contributed by atoms with E-state index in [0.717, 1.165) is 30.6 Å². The van der Waals surface area contributed by atoms with E-state index >= 15 is 0 Å². The smallest absolute Gasteiger partial charge is 0.254 e. The number of piperidine rings is 1. The van der Waals surface area contributed by atoms with Crippen molar-refractivity contribution in [3.8, 4) is 0 Å². The van der Waals surface area contributed by atoms with Crippen molar-refractivity contribution in [3.63, 3.8) is 0 Å². The summed E-state index contributed by atoms with van der Waals surface area (Å²) in [7, 11) is 0. The van der Waals surface area contributed by atoms with E-state index < -0.39 is 0 Å². The summed E-state index contributed by atoms with van der Waals surface area (Å²) >= 11 is 3.70. The minimum atomic E-state index is -0.0108. The highest BCUT2D eigenvalue weighted by molar-refractivity contribution is 9.09. The largest absolute Gasteiger partial charge is 0.337 e.